The SMILES string of the molecule is CO[C@]12C[C@H]3[C@@H]4CC=C5CC(O)CC[C@]5(C)[C@H]4CC[C@]3(C)[C@H]1[C@H](C)[C@@]1(CCC(C)CO1)O2. The Balaban J connectivity index is 1.34. The van der Waals surface area contributed by atoms with E-state index >= 15 is 0 Å². The molecular weight excluding hydrogens is 400 g/mol. The number of hydrogen-bond donors (Lipinski definition) is 1. The third kappa shape index (κ3) is 2.70. The van der Waals surface area contributed by atoms with Crippen LogP contribution in [0.15, 0.2) is 11.6 Å². The average Bonchev–Trinajstić information content (AvgIpc) is 3.17. The van der Waals surface area contributed by atoms with E-state index in [9.17, 15) is 5.11 Å². The zero-order chi connectivity index (χ0) is 22.5. The van der Waals surface area contributed by atoms with Crippen molar-refractivity contribution in [1.29, 1.82) is 0 Å². The van der Waals surface area contributed by atoms with E-state index in [0.717, 1.165) is 44.6 Å². The van der Waals surface area contributed by atoms with Gasteiger partial charge in [-0.2, -0.15) is 0 Å². The highest BCUT2D eigenvalue weighted by molar-refractivity contribution is 5.27. The van der Waals surface area contributed by atoms with E-state index in [1.807, 2.05) is 7.11 Å². The van der Waals surface area contributed by atoms with E-state index in [2.05, 4.69) is 33.8 Å². The van der Waals surface area contributed by atoms with Crippen LogP contribution >= 0.6 is 0 Å². The third-order valence-corrected chi connectivity index (χ3v) is 11.7. The maximum absolute atomic E-state index is 10.3. The van der Waals surface area contributed by atoms with Crippen LogP contribution in [0.3, 0.4) is 0 Å². The molecule has 4 aliphatic carbocycles. The fourth-order valence-corrected chi connectivity index (χ4v) is 9.97. The Morgan fingerprint density at radius 3 is 2.59 bits per heavy atom. The summed E-state index contributed by atoms with van der Waals surface area (Å²) in [5.74, 6) is 2.49. The lowest BCUT2D eigenvalue weighted by molar-refractivity contribution is -0.337. The predicted molar refractivity (Wildman–Crippen MR) is 124 cm³/mol. The summed E-state index contributed by atoms with van der Waals surface area (Å²) < 4.78 is 19.9. The van der Waals surface area contributed by atoms with Crippen molar-refractivity contribution in [2.24, 2.45) is 46.3 Å². The first kappa shape index (κ1) is 22.1. The van der Waals surface area contributed by atoms with Gasteiger partial charge in [0.05, 0.1) is 12.7 Å². The van der Waals surface area contributed by atoms with Crippen LogP contribution in [0.25, 0.3) is 0 Å². The molecule has 0 aromatic heterocycles. The van der Waals surface area contributed by atoms with Crippen molar-refractivity contribution in [3.8, 4) is 0 Å². The highest BCUT2D eigenvalue weighted by atomic mass is 16.8. The molecule has 2 aliphatic heterocycles. The van der Waals surface area contributed by atoms with E-state index in [0.29, 0.717) is 29.6 Å². The van der Waals surface area contributed by atoms with Crippen molar-refractivity contribution >= 4 is 0 Å². The molecule has 0 aromatic carbocycles. The van der Waals surface area contributed by atoms with Crippen molar-refractivity contribution in [3.05, 3.63) is 11.6 Å². The summed E-state index contributed by atoms with van der Waals surface area (Å²) in [6.45, 7) is 10.6. The second-order valence-corrected chi connectivity index (χ2v) is 13.1. The Hall–Kier alpha value is -0.420. The summed E-state index contributed by atoms with van der Waals surface area (Å²) >= 11 is 0. The number of fused-ring (bicyclic) bond motifs is 7. The van der Waals surface area contributed by atoms with Crippen LogP contribution < -0.4 is 0 Å². The normalized spacial score (nSPS) is 59.2. The molecule has 6 rings (SSSR count). The number of hydrogen-bond acceptors (Lipinski definition) is 4. The number of ether oxygens (including phenoxy) is 3. The Labute approximate surface area is 194 Å². The van der Waals surface area contributed by atoms with Gasteiger partial charge in [-0.1, -0.05) is 39.3 Å². The van der Waals surface area contributed by atoms with Crippen LogP contribution in [0, 0.1) is 46.3 Å². The minimum atomic E-state index is -0.498. The van der Waals surface area contributed by atoms with Crippen LogP contribution in [-0.2, 0) is 14.2 Å². The maximum Gasteiger partial charge on any atom is 0.175 e. The Kier molecular flexibility index (Phi) is 4.87. The van der Waals surface area contributed by atoms with Gasteiger partial charge in [0.1, 0.15) is 0 Å². The lowest BCUT2D eigenvalue weighted by atomic mass is 9.47. The Bertz CT molecular complexity index is 799. The minimum Gasteiger partial charge on any atom is -0.393 e. The van der Waals surface area contributed by atoms with Gasteiger partial charge in [-0.15, -0.1) is 0 Å². The number of rotatable bonds is 1. The quantitative estimate of drug-likeness (QED) is 0.528. The Morgan fingerprint density at radius 2 is 1.88 bits per heavy atom. The topological polar surface area (TPSA) is 47.9 Å². The minimum absolute atomic E-state index is 0.133. The zero-order valence-corrected chi connectivity index (χ0v) is 20.9. The first-order valence-corrected chi connectivity index (χ1v) is 13.4. The number of allylic oxidation sites excluding steroid dienone is 1. The molecule has 1 spiro atoms. The summed E-state index contributed by atoms with van der Waals surface area (Å²) in [5, 5.41) is 10.3. The molecular formula is C28H44O4. The van der Waals surface area contributed by atoms with Crippen LogP contribution in [0.1, 0.15) is 85.5 Å². The smallest absolute Gasteiger partial charge is 0.175 e. The molecule has 3 saturated carbocycles. The second-order valence-electron chi connectivity index (χ2n) is 13.1. The second kappa shape index (κ2) is 7.06. The molecule has 0 radical (unpaired) electrons. The van der Waals surface area contributed by atoms with Crippen molar-refractivity contribution in [2.75, 3.05) is 13.7 Å². The molecule has 2 saturated heterocycles. The van der Waals surface area contributed by atoms with Crippen LogP contribution in [0.2, 0.25) is 0 Å². The summed E-state index contributed by atoms with van der Waals surface area (Å²) in [7, 11) is 1.88. The van der Waals surface area contributed by atoms with E-state index in [4.69, 9.17) is 14.2 Å². The van der Waals surface area contributed by atoms with Gasteiger partial charge >= 0.3 is 0 Å². The van der Waals surface area contributed by atoms with Gasteiger partial charge in [-0.25, -0.2) is 0 Å². The van der Waals surface area contributed by atoms with E-state index in [1.54, 1.807) is 5.57 Å². The molecule has 0 bridgehead atoms. The lowest BCUT2D eigenvalue weighted by Gasteiger charge is -2.58. The highest BCUT2D eigenvalue weighted by Crippen LogP contribution is 2.73. The van der Waals surface area contributed by atoms with Gasteiger partial charge < -0.3 is 19.3 Å². The van der Waals surface area contributed by atoms with Crippen LogP contribution in [0.5, 0.6) is 0 Å². The molecule has 4 heteroatoms. The molecule has 5 fully saturated rings. The van der Waals surface area contributed by atoms with Gasteiger partial charge in [0.15, 0.2) is 11.6 Å². The van der Waals surface area contributed by atoms with Crippen LogP contribution in [-0.4, -0.2) is 36.5 Å². The highest BCUT2D eigenvalue weighted by Gasteiger charge is 2.75. The van der Waals surface area contributed by atoms with Gasteiger partial charge in [-0.05, 0) is 79.4 Å². The molecule has 2 unspecified atom stereocenters. The van der Waals surface area contributed by atoms with Crippen molar-refractivity contribution in [1.82, 2.24) is 0 Å². The number of aliphatic hydroxyl groups excluding tert-OH is 1. The van der Waals surface area contributed by atoms with Gasteiger partial charge in [0.2, 0.25) is 0 Å². The summed E-state index contributed by atoms with van der Waals surface area (Å²) in [5.41, 5.74) is 2.06. The first-order chi connectivity index (χ1) is 15.2. The first-order valence-electron chi connectivity index (χ1n) is 13.4. The molecule has 11 atom stereocenters. The third-order valence-electron chi connectivity index (χ3n) is 11.7. The Morgan fingerprint density at radius 1 is 1.06 bits per heavy atom. The van der Waals surface area contributed by atoms with E-state index in [1.165, 1.54) is 25.7 Å². The standard InChI is InChI=1S/C28H44O4/c1-17-8-13-27(31-16-17)18(2)24-26(4)12-10-22-21(23(26)15-28(24,30-5)32-27)7-6-19-14-20(29)9-11-25(19,22)3/h6,17-18,20-24,29H,7-16H2,1-5H3/t17?,18-,20?,21+,22-,23-,24+,25-,26-,27+,28-/m0/s1. The molecule has 2 heterocycles. The monoisotopic (exact) mass is 444 g/mol. The van der Waals surface area contributed by atoms with Crippen molar-refractivity contribution < 1.29 is 19.3 Å². The molecule has 32 heavy (non-hydrogen) atoms. The zero-order valence-electron chi connectivity index (χ0n) is 20.9. The molecule has 6 aliphatic rings. The fraction of sp³-hybridized carbons (Fsp3) is 0.929. The molecule has 0 aromatic rings. The molecule has 180 valence electrons. The van der Waals surface area contributed by atoms with Gasteiger partial charge in [0, 0.05) is 31.8 Å². The molecule has 1 N–H and O–H groups in total. The summed E-state index contributed by atoms with van der Waals surface area (Å²) in [6.07, 6.45) is 12.3. The maximum atomic E-state index is 10.3. The van der Waals surface area contributed by atoms with Gasteiger partial charge in [0.25, 0.3) is 0 Å². The predicted octanol–water partition coefficient (Wildman–Crippen LogP) is 5.69. The van der Waals surface area contributed by atoms with Gasteiger partial charge in [-0.3, -0.25) is 0 Å². The van der Waals surface area contributed by atoms with E-state index in [-0.39, 0.29) is 16.9 Å². The number of aliphatic hydroxyl groups is 1. The average molecular weight is 445 g/mol. The summed E-state index contributed by atoms with van der Waals surface area (Å²) in [6, 6.07) is 0. The fourth-order valence-electron chi connectivity index (χ4n) is 9.97. The lowest BCUT2D eigenvalue weighted by Crippen LogP contribution is -2.52. The van der Waals surface area contributed by atoms with Crippen molar-refractivity contribution in [2.45, 2.75) is 103 Å². The van der Waals surface area contributed by atoms with Crippen LogP contribution in [0.4, 0.5) is 0 Å². The van der Waals surface area contributed by atoms with Crippen molar-refractivity contribution in [3.63, 3.8) is 0 Å². The largest absolute Gasteiger partial charge is 0.393 e. The number of methoxy groups -OCH3 is 1. The molecule has 0 amide bonds. The molecule has 4 nitrogen and oxygen atoms in total. The van der Waals surface area contributed by atoms with E-state index < -0.39 is 11.6 Å². The summed E-state index contributed by atoms with van der Waals surface area (Å²) in [4.78, 5) is 0.